The number of carbonyl (C=O) groups is 1. The molecule has 1 N–H and O–H groups in total. The van der Waals surface area contributed by atoms with E-state index < -0.39 is 16.1 Å². The predicted octanol–water partition coefficient (Wildman–Crippen LogP) is 1.17. The minimum atomic E-state index is -4.27. The van der Waals surface area contributed by atoms with Gasteiger partial charge < -0.3 is 4.74 Å². The van der Waals surface area contributed by atoms with Crippen molar-refractivity contribution in [2.45, 2.75) is 18.7 Å². The number of benzene rings is 1. The van der Waals surface area contributed by atoms with Gasteiger partial charge in [0, 0.05) is 13.0 Å². The summed E-state index contributed by atoms with van der Waals surface area (Å²) in [6.45, 7) is 2.87. The molecule has 0 saturated carbocycles. The van der Waals surface area contributed by atoms with Crippen LogP contribution in [0.1, 0.15) is 12.5 Å². The molecular formula is C9H10O5S. The molecule has 1 aromatic rings. The molecule has 5 nitrogen and oxygen atoms in total. The molecule has 0 aliphatic carbocycles. The van der Waals surface area contributed by atoms with Crippen molar-refractivity contribution in [1.82, 2.24) is 0 Å². The van der Waals surface area contributed by atoms with Gasteiger partial charge in [0.2, 0.25) is 0 Å². The third-order valence-electron chi connectivity index (χ3n) is 1.71. The van der Waals surface area contributed by atoms with Crippen LogP contribution >= 0.6 is 0 Å². The summed E-state index contributed by atoms with van der Waals surface area (Å²) in [6.07, 6.45) is 0. The van der Waals surface area contributed by atoms with Crippen LogP contribution in [0.2, 0.25) is 0 Å². The topological polar surface area (TPSA) is 80.7 Å². The highest BCUT2D eigenvalue weighted by atomic mass is 32.2. The summed E-state index contributed by atoms with van der Waals surface area (Å²) in [4.78, 5) is 10.4. The summed E-state index contributed by atoms with van der Waals surface area (Å²) in [5.74, 6) is -0.428. The van der Waals surface area contributed by atoms with Gasteiger partial charge in [-0.3, -0.25) is 9.35 Å². The molecule has 0 radical (unpaired) electrons. The van der Waals surface area contributed by atoms with Crippen LogP contribution in [0.15, 0.2) is 23.1 Å². The van der Waals surface area contributed by atoms with Crippen LogP contribution in [-0.4, -0.2) is 18.9 Å². The van der Waals surface area contributed by atoms with Crippen molar-refractivity contribution in [1.29, 1.82) is 0 Å². The zero-order valence-electron chi connectivity index (χ0n) is 8.22. The van der Waals surface area contributed by atoms with Gasteiger partial charge >= 0.3 is 5.97 Å². The predicted molar refractivity (Wildman–Crippen MR) is 52.3 cm³/mol. The van der Waals surface area contributed by atoms with E-state index in [0.717, 1.165) is 6.07 Å². The molecule has 15 heavy (non-hydrogen) atoms. The molecule has 0 heterocycles. The molecule has 82 valence electrons. The highest BCUT2D eigenvalue weighted by Crippen LogP contribution is 2.22. The van der Waals surface area contributed by atoms with Crippen molar-refractivity contribution < 1.29 is 22.5 Å². The second-order valence-corrected chi connectivity index (χ2v) is 4.42. The van der Waals surface area contributed by atoms with Gasteiger partial charge in [0.05, 0.1) is 4.90 Å². The van der Waals surface area contributed by atoms with Gasteiger partial charge in [0.25, 0.3) is 10.1 Å². The molecule has 1 aromatic carbocycles. The zero-order valence-corrected chi connectivity index (χ0v) is 9.04. The quantitative estimate of drug-likeness (QED) is 0.468. The molecule has 6 heteroatoms. The van der Waals surface area contributed by atoms with Crippen molar-refractivity contribution in [2.24, 2.45) is 0 Å². The van der Waals surface area contributed by atoms with Crippen molar-refractivity contribution in [3.05, 3.63) is 23.8 Å². The van der Waals surface area contributed by atoms with Gasteiger partial charge in [-0.1, -0.05) is 6.07 Å². The Balaban J connectivity index is 3.23. The second-order valence-electron chi connectivity index (χ2n) is 3.00. The Hall–Kier alpha value is -1.40. The SMILES string of the molecule is CC(=O)Oc1cc(S(=O)(=O)O)ccc1C. The number of rotatable bonds is 2. The largest absolute Gasteiger partial charge is 0.426 e. The fourth-order valence-corrected chi connectivity index (χ4v) is 1.50. The first kappa shape index (κ1) is 11.7. The number of aryl methyl sites for hydroxylation is 1. The monoisotopic (exact) mass is 230 g/mol. The molecular weight excluding hydrogens is 220 g/mol. The van der Waals surface area contributed by atoms with Crippen LogP contribution < -0.4 is 4.74 Å². The van der Waals surface area contributed by atoms with E-state index in [1.54, 1.807) is 6.92 Å². The molecule has 0 aliphatic heterocycles. The van der Waals surface area contributed by atoms with Crippen LogP contribution in [0.4, 0.5) is 0 Å². The maximum atomic E-state index is 10.8. The third-order valence-corrected chi connectivity index (χ3v) is 2.56. The number of hydrogen-bond acceptors (Lipinski definition) is 4. The summed E-state index contributed by atoms with van der Waals surface area (Å²) in [6, 6.07) is 3.78. The van der Waals surface area contributed by atoms with Gasteiger partial charge in [-0.15, -0.1) is 0 Å². The van der Waals surface area contributed by atoms with Gasteiger partial charge in [0.15, 0.2) is 0 Å². The number of ether oxygens (including phenoxy) is 1. The molecule has 0 spiro atoms. The molecule has 0 aliphatic rings. The molecule has 0 saturated heterocycles. The minimum Gasteiger partial charge on any atom is -0.426 e. The summed E-state index contributed by atoms with van der Waals surface area (Å²) < 4.78 is 35.1. The Morgan fingerprint density at radius 2 is 2.00 bits per heavy atom. The fraction of sp³-hybridized carbons (Fsp3) is 0.222. The lowest BCUT2D eigenvalue weighted by Gasteiger charge is -2.06. The number of hydrogen-bond donors (Lipinski definition) is 1. The van der Waals surface area contributed by atoms with Crippen molar-refractivity contribution >= 4 is 16.1 Å². The maximum Gasteiger partial charge on any atom is 0.308 e. The Kier molecular flexibility index (Phi) is 3.11. The van der Waals surface area contributed by atoms with Crippen molar-refractivity contribution in [3.63, 3.8) is 0 Å². The minimum absolute atomic E-state index is 0.123. The van der Waals surface area contributed by atoms with Gasteiger partial charge in [0.1, 0.15) is 5.75 Å². The van der Waals surface area contributed by atoms with E-state index in [1.165, 1.54) is 19.1 Å². The summed E-state index contributed by atoms with van der Waals surface area (Å²) >= 11 is 0. The lowest BCUT2D eigenvalue weighted by molar-refractivity contribution is -0.131. The molecule has 0 amide bonds. The van der Waals surface area contributed by atoms with E-state index in [-0.39, 0.29) is 10.6 Å². The van der Waals surface area contributed by atoms with Crippen molar-refractivity contribution in [2.75, 3.05) is 0 Å². The summed E-state index contributed by atoms with van der Waals surface area (Å²) in [5, 5.41) is 0. The van der Waals surface area contributed by atoms with Crippen LogP contribution in [0.3, 0.4) is 0 Å². The van der Waals surface area contributed by atoms with Crippen LogP contribution in [0, 0.1) is 6.92 Å². The summed E-state index contributed by atoms with van der Waals surface area (Å²) in [7, 11) is -4.27. The smallest absolute Gasteiger partial charge is 0.308 e. The van der Waals surface area contributed by atoms with E-state index in [1.807, 2.05) is 0 Å². The average Bonchev–Trinajstić information content (AvgIpc) is 2.06. The zero-order chi connectivity index (χ0) is 11.6. The highest BCUT2D eigenvalue weighted by molar-refractivity contribution is 7.85. The molecule has 1 rings (SSSR count). The molecule has 0 bridgehead atoms. The van der Waals surface area contributed by atoms with E-state index in [2.05, 4.69) is 0 Å². The molecule has 0 unspecified atom stereocenters. The van der Waals surface area contributed by atoms with Crippen LogP contribution in [0.25, 0.3) is 0 Å². The number of esters is 1. The second kappa shape index (κ2) is 4.00. The normalized spacial score (nSPS) is 11.1. The van der Waals surface area contributed by atoms with E-state index >= 15 is 0 Å². The molecule has 0 atom stereocenters. The Bertz CT molecular complexity index is 489. The summed E-state index contributed by atoms with van der Waals surface area (Å²) in [5.41, 5.74) is 0.609. The fourth-order valence-electron chi connectivity index (χ4n) is 1.01. The highest BCUT2D eigenvalue weighted by Gasteiger charge is 2.12. The Morgan fingerprint density at radius 3 is 2.47 bits per heavy atom. The van der Waals surface area contributed by atoms with E-state index in [0.29, 0.717) is 5.56 Å². The standard InChI is InChI=1S/C9H10O5S/c1-6-3-4-8(15(11,12)13)5-9(6)14-7(2)10/h3-5H,1-2H3,(H,11,12,13). The first-order chi connectivity index (χ1) is 6.80. The lowest BCUT2D eigenvalue weighted by atomic mass is 10.2. The molecule has 0 fully saturated rings. The Labute approximate surface area is 87.4 Å². The maximum absolute atomic E-state index is 10.8. The average molecular weight is 230 g/mol. The third kappa shape index (κ3) is 3.03. The van der Waals surface area contributed by atoms with Crippen LogP contribution in [0.5, 0.6) is 5.75 Å². The van der Waals surface area contributed by atoms with Crippen LogP contribution in [-0.2, 0) is 14.9 Å². The Morgan fingerprint density at radius 1 is 1.40 bits per heavy atom. The van der Waals surface area contributed by atoms with Crippen molar-refractivity contribution in [3.8, 4) is 5.75 Å². The van der Waals surface area contributed by atoms with E-state index in [4.69, 9.17) is 9.29 Å². The lowest BCUT2D eigenvalue weighted by Crippen LogP contribution is -2.05. The van der Waals surface area contributed by atoms with Gasteiger partial charge in [-0.25, -0.2) is 0 Å². The van der Waals surface area contributed by atoms with E-state index in [9.17, 15) is 13.2 Å². The van der Waals surface area contributed by atoms with Gasteiger partial charge in [-0.2, -0.15) is 8.42 Å². The number of carbonyl (C=O) groups excluding carboxylic acids is 1. The first-order valence-electron chi connectivity index (χ1n) is 4.07. The first-order valence-corrected chi connectivity index (χ1v) is 5.51. The van der Waals surface area contributed by atoms with Gasteiger partial charge in [-0.05, 0) is 18.6 Å². The molecule has 0 aromatic heterocycles.